The lowest BCUT2D eigenvalue weighted by Crippen LogP contribution is -2.41. The number of ether oxygens (including phenoxy) is 2. The summed E-state index contributed by atoms with van der Waals surface area (Å²) in [4.78, 5) is 18.3. The third-order valence-corrected chi connectivity index (χ3v) is 13.0. The van der Waals surface area contributed by atoms with Crippen LogP contribution in [0.3, 0.4) is 0 Å². The number of aliphatic hydroxyl groups excluding tert-OH is 2. The minimum absolute atomic E-state index is 0.00900. The number of nitrogens with zero attached hydrogens (tertiary/aromatic N) is 1. The Kier molecular flexibility index (Phi) is 14.4. The average Bonchev–Trinajstić information content (AvgIpc) is 3.70. The lowest BCUT2D eigenvalue weighted by atomic mass is 9.55. The number of carbonyl (C=O) groups is 1. The van der Waals surface area contributed by atoms with E-state index in [2.05, 4.69) is 35.9 Å². The highest BCUT2D eigenvalue weighted by Gasteiger charge is 2.48. The molecule has 10 nitrogen and oxygen atoms in total. The molecule has 0 heterocycles. The molecular formula is C47H63N3O7. The second-order valence-corrected chi connectivity index (χ2v) is 16.9. The Labute approximate surface area is 338 Å². The van der Waals surface area contributed by atoms with Crippen molar-refractivity contribution in [1.29, 1.82) is 0 Å². The van der Waals surface area contributed by atoms with Gasteiger partial charge in [-0.1, -0.05) is 49.5 Å². The highest BCUT2D eigenvalue weighted by Crippen LogP contribution is 2.59. The van der Waals surface area contributed by atoms with E-state index in [0.717, 1.165) is 55.2 Å². The third-order valence-electron chi connectivity index (χ3n) is 13.0. The molecule has 10 heteroatoms. The van der Waals surface area contributed by atoms with Crippen LogP contribution in [-0.4, -0.2) is 71.2 Å². The van der Waals surface area contributed by atoms with Crippen LogP contribution in [0.1, 0.15) is 119 Å². The first kappa shape index (κ1) is 42.3. The Hall–Kier alpha value is -4.30. The van der Waals surface area contributed by atoms with Crippen LogP contribution in [0.5, 0.6) is 17.2 Å². The standard InChI is InChI=1S/C47H63N3O7/c1-4-29(17-18-51)33(26-52)23-36(54)16-15-31-25-43(57-37-12-5-6-13-37)46(55)45-38(31)14-8-10-34(50-47(48)49)21-32-24-40-39(30-9-7-11-35(53)22-30)19-28(2)20-41(40)44(45)42(32)27-56-3/h7,9,11,22-25,28-29,32,34,37,39,41-42,44,51-53,55H,4-6,10,12-13,15-21,26-27H2,1-3H3,(H4,48,49,50). The number of hydrogen-bond donors (Lipinski definition) is 6. The van der Waals surface area contributed by atoms with Crippen molar-refractivity contribution in [3.05, 3.63) is 75.9 Å². The zero-order valence-corrected chi connectivity index (χ0v) is 34.0. The molecule has 0 saturated heterocycles. The molecule has 0 radical (unpaired) electrons. The first-order chi connectivity index (χ1) is 27.5. The number of aliphatic hydroxyl groups is 2. The van der Waals surface area contributed by atoms with Gasteiger partial charge in [0.05, 0.1) is 25.4 Å². The molecule has 8 N–H and O–H groups in total. The molecule has 2 bridgehead atoms. The summed E-state index contributed by atoms with van der Waals surface area (Å²) in [5.74, 6) is 7.60. The van der Waals surface area contributed by atoms with E-state index in [9.17, 15) is 25.2 Å². The Morgan fingerprint density at radius 3 is 2.58 bits per heavy atom. The fraction of sp³-hybridized carbons (Fsp3) is 0.574. The Bertz CT molecular complexity index is 1880. The number of allylic oxidation sites excluding steroid dienone is 3. The predicted molar refractivity (Wildman–Crippen MR) is 223 cm³/mol. The van der Waals surface area contributed by atoms with Gasteiger partial charge in [-0.15, -0.1) is 0 Å². The third kappa shape index (κ3) is 9.88. The van der Waals surface area contributed by atoms with Crippen LogP contribution in [-0.2, 0) is 16.0 Å². The smallest absolute Gasteiger partial charge is 0.186 e. The van der Waals surface area contributed by atoms with Crippen molar-refractivity contribution in [2.45, 2.75) is 115 Å². The van der Waals surface area contributed by atoms with E-state index in [1.165, 1.54) is 5.57 Å². The molecule has 2 aromatic rings. The zero-order chi connectivity index (χ0) is 40.6. The number of nitrogens with two attached hydrogens (primary N) is 2. The molecule has 4 aliphatic carbocycles. The fourth-order valence-corrected chi connectivity index (χ4v) is 10.4. The normalized spacial score (nSPS) is 26.6. The topological polar surface area (TPSA) is 181 Å². The summed E-state index contributed by atoms with van der Waals surface area (Å²) in [5, 5.41) is 43.1. The summed E-state index contributed by atoms with van der Waals surface area (Å²) >= 11 is 0. The average molecular weight is 782 g/mol. The second-order valence-electron chi connectivity index (χ2n) is 16.9. The highest BCUT2D eigenvalue weighted by atomic mass is 16.5. The van der Waals surface area contributed by atoms with Crippen molar-refractivity contribution < 1.29 is 34.7 Å². The number of phenols is 2. The summed E-state index contributed by atoms with van der Waals surface area (Å²) in [6, 6.07) is 9.20. The molecule has 4 aliphatic rings. The van der Waals surface area contributed by atoms with Gasteiger partial charge in [-0.25, -0.2) is 4.99 Å². The molecule has 2 aromatic carbocycles. The molecule has 8 unspecified atom stereocenters. The van der Waals surface area contributed by atoms with Gasteiger partial charge in [0.1, 0.15) is 5.75 Å². The number of phenolic OH excluding ortho intramolecular Hbond substituents is 2. The van der Waals surface area contributed by atoms with Gasteiger partial charge in [0, 0.05) is 49.5 Å². The number of aryl methyl sites for hydroxylation is 1. The summed E-state index contributed by atoms with van der Waals surface area (Å²) < 4.78 is 12.7. The van der Waals surface area contributed by atoms with Crippen LogP contribution < -0.4 is 16.2 Å². The number of rotatable bonds is 15. The molecule has 8 atom stereocenters. The van der Waals surface area contributed by atoms with Gasteiger partial charge >= 0.3 is 0 Å². The number of carbonyl (C=O) groups excluding carboxylic acids is 1. The number of ketones is 1. The van der Waals surface area contributed by atoms with Crippen LogP contribution >= 0.6 is 0 Å². The minimum atomic E-state index is -0.278. The molecular weight excluding hydrogens is 719 g/mol. The molecule has 6 rings (SSSR count). The highest BCUT2D eigenvalue weighted by molar-refractivity contribution is 5.90. The van der Waals surface area contributed by atoms with Gasteiger partial charge in [-0.2, -0.15) is 0 Å². The number of methoxy groups -OCH3 is 1. The minimum Gasteiger partial charge on any atom is -0.508 e. The van der Waals surface area contributed by atoms with Crippen molar-refractivity contribution in [3.63, 3.8) is 0 Å². The number of hydrogen-bond acceptors (Lipinski definition) is 8. The molecule has 0 aliphatic heterocycles. The summed E-state index contributed by atoms with van der Waals surface area (Å²) in [7, 11) is 1.72. The van der Waals surface area contributed by atoms with Crippen molar-refractivity contribution in [3.8, 4) is 29.1 Å². The van der Waals surface area contributed by atoms with Gasteiger partial charge in [0.15, 0.2) is 23.2 Å². The number of aromatic hydroxyl groups is 2. The SMILES string of the molecule is CCC(CCO)C(=CC(=O)CCc1cc(OC2CCCC2)c(O)c2c1C#CCC(N=C(N)N)CC1C=C3C(c4cccc(O)c4)CC(C)CC3C2C1COC)CO. The summed E-state index contributed by atoms with van der Waals surface area (Å²) in [6.45, 7) is 4.44. The van der Waals surface area contributed by atoms with Gasteiger partial charge in [-0.3, -0.25) is 4.79 Å². The second kappa shape index (κ2) is 19.4. The maximum atomic E-state index is 13.7. The van der Waals surface area contributed by atoms with E-state index in [1.54, 1.807) is 19.3 Å². The maximum Gasteiger partial charge on any atom is 0.186 e. The van der Waals surface area contributed by atoms with E-state index in [-0.39, 0.29) is 90.5 Å². The number of fused-ring (bicyclic) bond motifs is 6. The maximum absolute atomic E-state index is 13.7. The molecule has 0 aromatic heterocycles. The van der Waals surface area contributed by atoms with Crippen molar-refractivity contribution in [2.24, 2.45) is 46.0 Å². The monoisotopic (exact) mass is 781 g/mol. The van der Waals surface area contributed by atoms with E-state index in [4.69, 9.17) is 20.9 Å². The molecule has 0 amide bonds. The first-order valence-corrected chi connectivity index (χ1v) is 21.1. The number of benzene rings is 2. The van der Waals surface area contributed by atoms with Crippen molar-refractivity contribution >= 4 is 11.7 Å². The Balaban J connectivity index is 1.55. The van der Waals surface area contributed by atoms with Crippen LogP contribution in [0.15, 0.2) is 58.6 Å². The lowest BCUT2D eigenvalue weighted by molar-refractivity contribution is -0.114. The first-order valence-electron chi connectivity index (χ1n) is 21.1. The zero-order valence-electron chi connectivity index (χ0n) is 34.0. The predicted octanol–water partition coefficient (Wildman–Crippen LogP) is 6.77. The molecule has 0 spiro atoms. The Morgan fingerprint density at radius 1 is 1.11 bits per heavy atom. The number of aliphatic imine (C=N–C) groups is 1. The van der Waals surface area contributed by atoms with Gasteiger partial charge in [0.25, 0.3) is 0 Å². The van der Waals surface area contributed by atoms with Gasteiger partial charge in [-0.05, 0) is 135 Å². The van der Waals surface area contributed by atoms with Gasteiger partial charge in [0.2, 0.25) is 0 Å². The molecule has 308 valence electrons. The quantitative estimate of drug-likeness (QED) is 0.0374. The lowest BCUT2D eigenvalue weighted by Gasteiger charge is -2.49. The molecule has 2 saturated carbocycles. The van der Waals surface area contributed by atoms with E-state index in [1.807, 2.05) is 25.1 Å². The van der Waals surface area contributed by atoms with Crippen molar-refractivity contribution in [1.82, 2.24) is 0 Å². The molecule has 57 heavy (non-hydrogen) atoms. The van der Waals surface area contributed by atoms with Crippen LogP contribution in [0.25, 0.3) is 0 Å². The van der Waals surface area contributed by atoms with Gasteiger partial charge < -0.3 is 41.4 Å². The largest absolute Gasteiger partial charge is 0.508 e. The van der Waals surface area contributed by atoms with Crippen LogP contribution in [0.2, 0.25) is 0 Å². The van der Waals surface area contributed by atoms with Crippen molar-refractivity contribution in [2.75, 3.05) is 26.9 Å². The number of guanidine groups is 1. The Morgan fingerprint density at radius 2 is 1.89 bits per heavy atom. The summed E-state index contributed by atoms with van der Waals surface area (Å²) in [6.07, 6.45) is 12.5. The summed E-state index contributed by atoms with van der Waals surface area (Å²) in [5.41, 5.74) is 17.3. The van der Waals surface area contributed by atoms with E-state index < -0.39 is 0 Å². The molecule has 2 fully saturated rings. The van der Waals surface area contributed by atoms with Crippen LogP contribution in [0, 0.1) is 41.4 Å². The van der Waals surface area contributed by atoms with E-state index >= 15 is 0 Å². The van der Waals surface area contributed by atoms with E-state index in [0.29, 0.717) is 61.5 Å². The van der Waals surface area contributed by atoms with Crippen LogP contribution in [0.4, 0.5) is 0 Å². The fourth-order valence-electron chi connectivity index (χ4n) is 10.4.